The third-order valence-corrected chi connectivity index (χ3v) is 6.26. The molecule has 0 spiro atoms. The molecule has 1 N–H and O–H groups in total. The molecule has 2 aromatic heterocycles. The van der Waals surface area contributed by atoms with Gasteiger partial charge in [0.25, 0.3) is 0 Å². The largest absolute Gasteiger partial charge is 0.448 e. The number of rotatable bonds is 7. The highest BCUT2D eigenvalue weighted by Crippen LogP contribution is 2.38. The second kappa shape index (κ2) is 9.27. The van der Waals surface area contributed by atoms with Gasteiger partial charge >= 0.3 is 0 Å². The number of nitriles is 1. The number of aliphatic hydroxyl groups is 1. The van der Waals surface area contributed by atoms with Gasteiger partial charge in [-0.25, -0.2) is 4.98 Å². The summed E-state index contributed by atoms with van der Waals surface area (Å²) in [5.74, 6) is 1.54. The third kappa shape index (κ3) is 4.14. The Kier molecular flexibility index (Phi) is 6.47. The molecule has 0 radical (unpaired) electrons. The SMILES string of the molecule is CCCCc1nc(Cl)c(CO)n1Cc1ccc2c(-c3ccccc3C#N)oc(Br)c2c1. The van der Waals surface area contributed by atoms with Gasteiger partial charge in [-0.1, -0.05) is 49.2 Å². The molecule has 0 aliphatic heterocycles. The number of benzene rings is 2. The van der Waals surface area contributed by atoms with Crippen LogP contribution >= 0.6 is 27.5 Å². The van der Waals surface area contributed by atoms with Crippen molar-refractivity contribution in [2.24, 2.45) is 0 Å². The van der Waals surface area contributed by atoms with Crippen molar-refractivity contribution in [1.29, 1.82) is 5.26 Å². The van der Waals surface area contributed by atoms with Crippen molar-refractivity contribution in [3.63, 3.8) is 0 Å². The highest BCUT2D eigenvalue weighted by molar-refractivity contribution is 9.10. The topological polar surface area (TPSA) is 75.0 Å². The van der Waals surface area contributed by atoms with Gasteiger partial charge in [-0.2, -0.15) is 5.26 Å². The quantitative estimate of drug-likeness (QED) is 0.317. The number of furan rings is 1. The van der Waals surface area contributed by atoms with Gasteiger partial charge in [-0.05, 0) is 46.1 Å². The summed E-state index contributed by atoms with van der Waals surface area (Å²) >= 11 is 9.81. The molecule has 7 heteroatoms. The Balaban J connectivity index is 1.76. The molecule has 31 heavy (non-hydrogen) atoms. The number of aryl methyl sites for hydroxylation is 1. The lowest BCUT2D eigenvalue weighted by Gasteiger charge is -2.11. The van der Waals surface area contributed by atoms with Crippen LogP contribution in [0.5, 0.6) is 0 Å². The molecule has 0 atom stereocenters. The van der Waals surface area contributed by atoms with E-state index in [1.54, 1.807) is 6.07 Å². The van der Waals surface area contributed by atoms with Crippen molar-refractivity contribution in [3.05, 3.63) is 74.9 Å². The number of halogens is 2. The average Bonchev–Trinajstić information content (AvgIpc) is 3.27. The first-order valence-corrected chi connectivity index (χ1v) is 11.3. The van der Waals surface area contributed by atoms with Crippen LogP contribution in [0.3, 0.4) is 0 Å². The maximum Gasteiger partial charge on any atom is 0.177 e. The molecule has 158 valence electrons. The van der Waals surface area contributed by atoms with Crippen molar-refractivity contribution < 1.29 is 9.52 Å². The van der Waals surface area contributed by atoms with Crippen molar-refractivity contribution in [1.82, 2.24) is 9.55 Å². The highest BCUT2D eigenvalue weighted by atomic mass is 79.9. The fraction of sp³-hybridized carbons (Fsp3) is 0.250. The summed E-state index contributed by atoms with van der Waals surface area (Å²) in [6.07, 6.45) is 2.87. The number of aliphatic hydroxyl groups excluding tert-OH is 1. The smallest absolute Gasteiger partial charge is 0.177 e. The van der Waals surface area contributed by atoms with E-state index in [1.807, 2.05) is 34.9 Å². The molecule has 0 bridgehead atoms. The van der Waals surface area contributed by atoms with Crippen LogP contribution in [0, 0.1) is 11.3 Å². The van der Waals surface area contributed by atoms with E-state index in [2.05, 4.69) is 40.0 Å². The lowest BCUT2D eigenvalue weighted by atomic mass is 10.0. The van der Waals surface area contributed by atoms with Crippen molar-refractivity contribution >= 4 is 38.3 Å². The lowest BCUT2D eigenvalue weighted by molar-refractivity contribution is 0.271. The first-order valence-electron chi connectivity index (χ1n) is 10.1. The van der Waals surface area contributed by atoms with Gasteiger partial charge in [0, 0.05) is 29.3 Å². The zero-order valence-electron chi connectivity index (χ0n) is 17.0. The van der Waals surface area contributed by atoms with Gasteiger partial charge < -0.3 is 14.1 Å². The highest BCUT2D eigenvalue weighted by Gasteiger charge is 2.18. The Hall–Kier alpha value is -2.59. The molecule has 4 aromatic rings. The number of unbranched alkanes of at least 4 members (excludes halogenated alkanes) is 1. The molecule has 0 saturated carbocycles. The van der Waals surface area contributed by atoms with Crippen LogP contribution in [0.4, 0.5) is 0 Å². The monoisotopic (exact) mass is 497 g/mol. The molecule has 0 unspecified atom stereocenters. The van der Waals surface area contributed by atoms with Crippen molar-refractivity contribution in [2.75, 3.05) is 0 Å². The molecular weight excluding hydrogens is 478 g/mol. The van der Waals surface area contributed by atoms with E-state index in [0.717, 1.165) is 47.0 Å². The molecule has 0 saturated heterocycles. The van der Waals surface area contributed by atoms with Gasteiger partial charge in [0.2, 0.25) is 0 Å². The predicted molar refractivity (Wildman–Crippen MR) is 125 cm³/mol. The van der Waals surface area contributed by atoms with Crippen molar-refractivity contribution in [2.45, 2.75) is 39.3 Å². The Morgan fingerprint density at radius 3 is 2.77 bits per heavy atom. The number of imidazole rings is 1. The number of fused-ring (bicyclic) bond motifs is 1. The molecule has 0 amide bonds. The predicted octanol–water partition coefficient (Wildman–Crippen LogP) is 6.47. The minimum atomic E-state index is -0.162. The maximum atomic E-state index is 9.82. The second-order valence-corrected chi connectivity index (χ2v) is 8.43. The summed E-state index contributed by atoms with van der Waals surface area (Å²) in [4.78, 5) is 4.47. The molecule has 0 aliphatic rings. The zero-order valence-corrected chi connectivity index (χ0v) is 19.4. The Bertz CT molecular complexity index is 1290. The Labute approximate surface area is 194 Å². The van der Waals surface area contributed by atoms with Crippen molar-refractivity contribution in [3.8, 4) is 17.4 Å². The minimum absolute atomic E-state index is 0.162. The minimum Gasteiger partial charge on any atom is -0.448 e. The first kappa shape index (κ1) is 21.6. The van der Waals surface area contributed by atoms with Gasteiger partial charge in [0.15, 0.2) is 9.82 Å². The van der Waals surface area contributed by atoms with Gasteiger partial charge in [0.1, 0.15) is 11.6 Å². The van der Waals surface area contributed by atoms with E-state index in [4.69, 9.17) is 16.0 Å². The molecule has 2 heterocycles. The number of hydrogen-bond acceptors (Lipinski definition) is 4. The van der Waals surface area contributed by atoms with Gasteiger partial charge in [-0.15, -0.1) is 0 Å². The summed E-state index contributed by atoms with van der Waals surface area (Å²) in [5, 5.41) is 21.5. The van der Waals surface area contributed by atoms with Crippen LogP contribution in [-0.4, -0.2) is 14.7 Å². The second-order valence-electron chi connectivity index (χ2n) is 7.36. The molecule has 0 aliphatic carbocycles. The fourth-order valence-corrected chi connectivity index (χ4v) is 4.53. The molecule has 5 nitrogen and oxygen atoms in total. The van der Waals surface area contributed by atoms with E-state index in [0.29, 0.717) is 33.4 Å². The van der Waals surface area contributed by atoms with E-state index in [-0.39, 0.29) is 6.61 Å². The van der Waals surface area contributed by atoms with Crippen LogP contribution in [0.1, 0.15) is 42.4 Å². The summed E-state index contributed by atoms with van der Waals surface area (Å²) in [6.45, 7) is 2.52. The first-order chi connectivity index (χ1) is 15.1. The molecule has 4 rings (SSSR count). The van der Waals surface area contributed by atoms with E-state index >= 15 is 0 Å². The zero-order chi connectivity index (χ0) is 22.0. The average molecular weight is 499 g/mol. The summed E-state index contributed by atoms with van der Waals surface area (Å²) in [5.41, 5.74) is 2.99. The van der Waals surface area contributed by atoms with Crippen LogP contribution in [-0.2, 0) is 19.6 Å². The molecular formula is C24H21BrClN3O2. The molecule has 2 aromatic carbocycles. The van der Waals surface area contributed by atoms with Crippen LogP contribution in [0.2, 0.25) is 5.15 Å². The standard InChI is InChI=1S/C24H21BrClN3O2/c1-2-3-8-21-28-24(26)20(14-30)29(21)13-15-9-10-18-19(11-15)23(25)31-22(18)17-7-5-4-6-16(17)12-27/h4-7,9-11,30H,2-3,8,13-14H2,1H3. The number of aromatic nitrogens is 2. The van der Waals surface area contributed by atoms with E-state index < -0.39 is 0 Å². The van der Waals surface area contributed by atoms with Crippen LogP contribution in [0.15, 0.2) is 51.6 Å². The van der Waals surface area contributed by atoms with Gasteiger partial charge in [0.05, 0.1) is 23.9 Å². The normalized spacial score (nSPS) is 11.2. The van der Waals surface area contributed by atoms with Gasteiger partial charge in [-0.3, -0.25) is 0 Å². The summed E-state index contributed by atoms with van der Waals surface area (Å²) < 4.78 is 8.62. The summed E-state index contributed by atoms with van der Waals surface area (Å²) in [7, 11) is 0. The van der Waals surface area contributed by atoms with Crippen LogP contribution < -0.4 is 0 Å². The maximum absolute atomic E-state index is 9.82. The number of nitrogens with zero attached hydrogens (tertiary/aromatic N) is 3. The van der Waals surface area contributed by atoms with E-state index in [9.17, 15) is 10.4 Å². The lowest BCUT2D eigenvalue weighted by Crippen LogP contribution is -2.09. The number of hydrogen-bond donors (Lipinski definition) is 1. The van der Waals surface area contributed by atoms with Crippen LogP contribution in [0.25, 0.3) is 22.1 Å². The summed E-state index contributed by atoms with van der Waals surface area (Å²) in [6, 6.07) is 15.7. The fourth-order valence-electron chi connectivity index (χ4n) is 3.78. The third-order valence-electron chi connectivity index (χ3n) is 5.37. The Morgan fingerprint density at radius 2 is 2.03 bits per heavy atom. The van der Waals surface area contributed by atoms with E-state index in [1.165, 1.54) is 0 Å². The Morgan fingerprint density at radius 1 is 1.23 bits per heavy atom. The molecule has 0 fully saturated rings.